The van der Waals surface area contributed by atoms with Crippen LogP contribution in [0.1, 0.15) is 51.3 Å². The lowest BCUT2D eigenvalue weighted by atomic mass is 9.90. The number of benzene rings is 2. The molecule has 1 N–H and O–H groups in total. The highest BCUT2D eigenvalue weighted by Gasteiger charge is 2.31. The highest BCUT2D eigenvalue weighted by molar-refractivity contribution is 7.89. The van der Waals surface area contributed by atoms with Crippen LogP contribution >= 0.6 is 0 Å². The lowest BCUT2D eigenvalue weighted by Gasteiger charge is -2.36. The summed E-state index contributed by atoms with van der Waals surface area (Å²) in [6.45, 7) is 8.47. The Balaban J connectivity index is 1.90. The first kappa shape index (κ1) is 25.7. The fourth-order valence-electron chi connectivity index (χ4n) is 4.39. The normalized spacial score (nSPS) is 15.7. The summed E-state index contributed by atoms with van der Waals surface area (Å²) in [5, 5.41) is 2.84. The molecule has 1 heterocycles. The molecule has 0 fully saturated rings. The Bertz CT molecular complexity index is 1140. The number of hydrogen-bond acceptors (Lipinski definition) is 5. The Morgan fingerprint density at radius 1 is 1.12 bits per heavy atom. The molecule has 8 nitrogen and oxygen atoms in total. The van der Waals surface area contributed by atoms with Gasteiger partial charge in [0, 0.05) is 26.6 Å². The number of rotatable bonds is 9. The second kappa shape index (κ2) is 11.0. The number of carbonyl (C=O) groups excluding carboxylic acids is 2. The number of carbonyl (C=O) groups is 2. The minimum Gasteiger partial charge on any atom is -0.492 e. The molecule has 0 spiro atoms. The molecule has 1 atom stereocenters. The lowest BCUT2D eigenvalue weighted by molar-refractivity contribution is -0.132. The van der Waals surface area contributed by atoms with Gasteiger partial charge in [-0.2, -0.15) is 4.31 Å². The number of hydrogen-bond donors (Lipinski definition) is 1. The maximum Gasteiger partial charge on any atom is 0.243 e. The fraction of sp³-hybridized carbons (Fsp3) is 0.440. The standard InChI is InChI=1S/C25H33N3O5S/c1-5-27(6-2)34(31,32)20-12-13-24(33-7-3)22(16-20)26-25(30)17-23-21-11-9-8-10-19(21)14-15-28(23)18(4)29/h8-13,16,23H,5-7,14-15,17H2,1-4H3,(H,26,30). The zero-order valence-corrected chi connectivity index (χ0v) is 21.0. The summed E-state index contributed by atoms with van der Waals surface area (Å²) in [6.07, 6.45) is 0.794. The van der Waals surface area contributed by atoms with E-state index in [1.807, 2.05) is 31.2 Å². The average Bonchev–Trinajstić information content (AvgIpc) is 2.80. The summed E-state index contributed by atoms with van der Waals surface area (Å²) in [5.41, 5.74) is 2.38. The van der Waals surface area contributed by atoms with E-state index in [9.17, 15) is 18.0 Å². The van der Waals surface area contributed by atoms with Crippen LogP contribution in [0.3, 0.4) is 0 Å². The van der Waals surface area contributed by atoms with Gasteiger partial charge in [0.2, 0.25) is 21.8 Å². The van der Waals surface area contributed by atoms with Gasteiger partial charge in [-0.15, -0.1) is 0 Å². The molecule has 0 saturated carbocycles. The molecule has 2 aromatic carbocycles. The molecule has 2 amide bonds. The summed E-state index contributed by atoms with van der Waals surface area (Å²) in [7, 11) is -3.70. The van der Waals surface area contributed by atoms with Crippen molar-refractivity contribution in [2.24, 2.45) is 0 Å². The predicted molar refractivity (Wildman–Crippen MR) is 131 cm³/mol. The van der Waals surface area contributed by atoms with Crippen LogP contribution in [0.15, 0.2) is 47.4 Å². The summed E-state index contributed by atoms with van der Waals surface area (Å²) in [4.78, 5) is 27.2. The van der Waals surface area contributed by atoms with E-state index in [0.29, 0.717) is 37.7 Å². The van der Waals surface area contributed by atoms with Gasteiger partial charge in [-0.3, -0.25) is 9.59 Å². The number of anilines is 1. The van der Waals surface area contributed by atoms with Crippen LogP contribution in [0.25, 0.3) is 0 Å². The number of ether oxygens (including phenoxy) is 1. The molecule has 3 rings (SSSR count). The van der Waals surface area contributed by atoms with Gasteiger partial charge in [0.05, 0.1) is 29.7 Å². The Morgan fingerprint density at radius 3 is 2.47 bits per heavy atom. The molecular formula is C25H33N3O5S. The Labute approximate surface area is 201 Å². The molecule has 1 aliphatic heterocycles. The number of fused-ring (bicyclic) bond motifs is 1. The molecule has 184 valence electrons. The van der Waals surface area contributed by atoms with Crippen LogP contribution in [0.4, 0.5) is 5.69 Å². The second-order valence-corrected chi connectivity index (χ2v) is 10.0. The monoisotopic (exact) mass is 487 g/mol. The molecule has 0 saturated heterocycles. The van der Waals surface area contributed by atoms with Gasteiger partial charge in [-0.05, 0) is 42.7 Å². The molecule has 0 aromatic heterocycles. The van der Waals surface area contributed by atoms with E-state index in [4.69, 9.17) is 4.74 Å². The van der Waals surface area contributed by atoms with Gasteiger partial charge in [0.25, 0.3) is 0 Å². The topological polar surface area (TPSA) is 96.0 Å². The van der Waals surface area contributed by atoms with Crippen LogP contribution in [-0.4, -0.2) is 55.7 Å². The van der Waals surface area contributed by atoms with E-state index in [1.165, 1.54) is 23.4 Å². The van der Waals surface area contributed by atoms with Crippen molar-refractivity contribution >= 4 is 27.5 Å². The fourth-order valence-corrected chi connectivity index (χ4v) is 5.87. The largest absolute Gasteiger partial charge is 0.492 e. The minimum absolute atomic E-state index is 0.0508. The smallest absolute Gasteiger partial charge is 0.243 e. The molecule has 9 heteroatoms. The van der Waals surface area contributed by atoms with E-state index < -0.39 is 10.0 Å². The third-order valence-corrected chi connectivity index (χ3v) is 8.11. The van der Waals surface area contributed by atoms with Gasteiger partial charge < -0.3 is 15.0 Å². The van der Waals surface area contributed by atoms with Crippen molar-refractivity contribution < 1.29 is 22.7 Å². The molecule has 2 aromatic rings. The molecular weight excluding hydrogens is 454 g/mol. The van der Waals surface area contributed by atoms with Gasteiger partial charge in [-0.25, -0.2) is 8.42 Å². The van der Waals surface area contributed by atoms with E-state index in [-0.39, 0.29) is 29.2 Å². The average molecular weight is 488 g/mol. The quantitative estimate of drug-likeness (QED) is 0.583. The highest BCUT2D eigenvalue weighted by atomic mass is 32.2. The van der Waals surface area contributed by atoms with Crippen molar-refractivity contribution in [2.75, 3.05) is 31.6 Å². The Hall–Kier alpha value is -2.91. The third kappa shape index (κ3) is 5.42. The van der Waals surface area contributed by atoms with Crippen LogP contribution in [0.5, 0.6) is 5.75 Å². The van der Waals surface area contributed by atoms with Crippen LogP contribution in [0.2, 0.25) is 0 Å². The number of amides is 2. The van der Waals surface area contributed by atoms with Crippen molar-refractivity contribution in [1.29, 1.82) is 0 Å². The molecule has 1 aliphatic rings. The van der Waals surface area contributed by atoms with Crippen LogP contribution < -0.4 is 10.1 Å². The maximum atomic E-state index is 13.2. The molecule has 34 heavy (non-hydrogen) atoms. The summed E-state index contributed by atoms with van der Waals surface area (Å²) >= 11 is 0. The first-order valence-corrected chi connectivity index (χ1v) is 13.1. The summed E-state index contributed by atoms with van der Waals surface area (Å²) in [5.74, 6) is -0.0252. The zero-order chi connectivity index (χ0) is 24.9. The zero-order valence-electron chi connectivity index (χ0n) is 20.2. The van der Waals surface area contributed by atoms with Crippen LogP contribution in [0, 0.1) is 0 Å². The number of nitrogens with zero attached hydrogens (tertiary/aromatic N) is 2. The van der Waals surface area contributed by atoms with Gasteiger partial charge in [0.1, 0.15) is 5.75 Å². The number of nitrogens with one attached hydrogen (secondary N) is 1. The van der Waals surface area contributed by atoms with E-state index in [0.717, 1.165) is 17.5 Å². The minimum atomic E-state index is -3.70. The van der Waals surface area contributed by atoms with E-state index >= 15 is 0 Å². The third-order valence-electron chi connectivity index (χ3n) is 6.06. The lowest BCUT2D eigenvalue weighted by Crippen LogP contribution is -2.40. The van der Waals surface area contributed by atoms with Crippen molar-refractivity contribution in [2.45, 2.75) is 51.5 Å². The van der Waals surface area contributed by atoms with Crippen molar-refractivity contribution in [1.82, 2.24) is 9.21 Å². The molecule has 0 bridgehead atoms. The van der Waals surface area contributed by atoms with Gasteiger partial charge in [-0.1, -0.05) is 38.1 Å². The summed E-state index contributed by atoms with van der Waals surface area (Å²) < 4.78 is 33.0. The summed E-state index contributed by atoms with van der Waals surface area (Å²) in [6, 6.07) is 11.9. The SMILES string of the molecule is CCOc1ccc(S(=O)(=O)N(CC)CC)cc1NC(=O)CC1c2ccccc2CCN1C(C)=O. The molecule has 0 aliphatic carbocycles. The number of sulfonamides is 1. The Kier molecular flexibility index (Phi) is 8.33. The Morgan fingerprint density at radius 2 is 1.82 bits per heavy atom. The second-order valence-electron chi connectivity index (χ2n) is 8.11. The van der Waals surface area contributed by atoms with E-state index in [2.05, 4.69) is 5.32 Å². The van der Waals surface area contributed by atoms with Gasteiger partial charge >= 0.3 is 0 Å². The molecule has 0 radical (unpaired) electrons. The van der Waals surface area contributed by atoms with E-state index in [1.54, 1.807) is 24.8 Å². The van der Waals surface area contributed by atoms with Crippen molar-refractivity contribution in [3.05, 3.63) is 53.6 Å². The van der Waals surface area contributed by atoms with Gasteiger partial charge in [0.15, 0.2) is 0 Å². The maximum absolute atomic E-state index is 13.2. The first-order valence-electron chi connectivity index (χ1n) is 11.6. The first-order chi connectivity index (χ1) is 16.2. The molecule has 1 unspecified atom stereocenters. The van der Waals surface area contributed by atoms with Crippen molar-refractivity contribution in [3.63, 3.8) is 0 Å². The predicted octanol–water partition coefficient (Wildman–Crippen LogP) is 3.59. The highest BCUT2D eigenvalue weighted by Crippen LogP contribution is 2.34. The van der Waals surface area contributed by atoms with Crippen LogP contribution in [-0.2, 0) is 26.0 Å². The van der Waals surface area contributed by atoms with Crippen molar-refractivity contribution in [3.8, 4) is 5.75 Å².